The highest BCUT2D eigenvalue weighted by atomic mass is 35.5. The number of carbonyl (C=O) groups is 1. The molecular formula is C28H28ClN3O5. The molecule has 1 saturated heterocycles. The highest BCUT2D eigenvalue weighted by Crippen LogP contribution is 2.31. The van der Waals surface area contributed by atoms with Crippen LogP contribution in [0.3, 0.4) is 0 Å². The topological polar surface area (TPSA) is 88.3 Å². The van der Waals surface area contributed by atoms with E-state index in [-0.39, 0.29) is 18.3 Å². The van der Waals surface area contributed by atoms with Crippen LogP contribution in [0.1, 0.15) is 28.5 Å². The van der Waals surface area contributed by atoms with Crippen LogP contribution in [0.5, 0.6) is 11.5 Å². The first-order valence-corrected chi connectivity index (χ1v) is 12.6. The molecule has 1 aliphatic heterocycles. The fourth-order valence-electron chi connectivity index (χ4n) is 4.47. The Labute approximate surface area is 219 Å². The van der Waals surface area contributed by atoms with Crippen LogP contribution in [0.2, 0.25) is 5.02 Å². The number of fused-ring (bicyclic) bond motifs is 1. The smallest absolute Gasteiger partial charge is 0.338 e. The van der Waals surface area contributed by atoms with Gasteiger partial charge in [0.05, 0.1) is 17.7 Å². The molecule has 192 valence electrons. The summed E-state index contributed by atoms with van der Waals surface area (Å²) >= 11 is 6.15. The Kier molecular flexibility index (Phi) is 7.48. The Bertz CT molecular complexity index is 1380. The second-order valence-electron chi connectivity index (χ2n) is 8.85. The van der Waals surface area contributed by atoms with E-state index in [2.05, 4.69) is 21.0 Å². The lowest BCUT2D eigenvalue weighted by molar-refractivity contribution is 0.0526. The minimum absolute atomic E-state index is 0.183. The number of phenols is 1. The van der Waals surface area contributed by atoms with E-state index in [1.54, 1.807) is 43.3 Å². The molecule has 1 aromatic heterocycles. The monoisotopic (exact) mass is 521 g/mol. The molecular weight excluding hydrogens is 494 g/mol. The number of hydrogen-bond donors (Lipinski definition) is 1. The number of aromatic hydroxyl groups is 1. The van der Waals surface area contributed by atoms with Gasteiger partial charge in [-0.15, -0.1) is 0 Å². The predicted molar refractivity (Wildman–Crippen MR) is 141 cm³/mol. The van der Waals surface area contributed by atoms with Crippen LogP contribution in [-0.2, 0) is 17.9 Å². The van der Waals surface area contributed by atoms with E-state index in [9.17, 15) is 9.90 Å². The van der Waals surface area contributed by atoms with Crippen molar-refractivity contribution in [1.29, 1.82) is 0 Å². The molecule has 0 unspecified atom stereocenters. The number of carbonyl (C=O) groups excluding carboxylic acids is 1. The van der Waals surface area contributed by atoms with Gasteiger partial charge in [-0.2, -0.15) is 0 Å². The Balaban J connectivity index is 1.24. The number of phenolic OH excluding ortho intramolecular Hbond substituents is 1. The van der Waals surface area contributed by atoms with Gasteiger partial charge < -0.3 is 24.0 Å². The van der Waals surface area contributed by atoms with Crippen LogP contribution in [0.15, 0.2) is 65.2 Å². The number of esters is 1. The molecule has 9 heteroatoms. The third-order valence-electron chi connectivity index (χ3n) is 6.46. The van der Waals surface area contributed by atoms with Crippen molar-refractivity contribution in [3.8, 4) is 11.5 Å². The van der Waals surface area contributed by atoms with E-state index in [0.717, 1.165) is 42.3 Å². The maximum atomic E-state index is 11.8. The summed E-state index contributed by atoms with van der Waals surface area (Å²) in [6.45, 7) is 6.25. The highest BCUT2D eigenvalue weighted by molar-refractivity contribution is 6.30. The SMILES string of the molecule is CCOC(=O)c1ccc(OCc2noc3c(CN4CCN(c5cccc(Cl)c5)CC4)c(O)ccc23)cc1. The molecule has 37 heavy (non-hydrogen) atoms. The van der Waals surface area contributed by atoms with Crippen LogP contribution >= 0.6 is 11.6 Å². The Hall–Kier alpha value is -3.75. The number of piperazine rings is 1. The first-order valence-electron chi connectivity index (χ1n) is 12.2. The van der Waals surface area contributed by atoms with Gasteiger partial charge in [0.1, 0.15) is 23.8 Å². The molecule has 0 spiro atoms. The van der Waals surface area contributed by atoms with Gasteiger partial charge >= 0.3 is 5.97 Å². The van der Waals surface area contributed by atoms with Gasteiger partial charge in [-0.05, 0) is 61.5 Å². The average molecular weight is 522 g/mol. The summed E-state index contributed by atoms with van der Waals surface area (Å²) in [5.74, 6) is 0.415. The second kappa shape index (κ2) is 11.1. The van der Waals surface area contributed by atoms with Crippen molar-refractivity contribution in [3.63, 3.8) is 0 Å². The number of anilines is 1. The Morgan fingerprint density at radius 1 is 1.08 bits per heavy atom. The van der Waals surface area contributed by atoms with E-state index in [4.69, 9.17) is 25.6 Å². The average Bonchev–Trinajstić information content (AvgIpc) is 3.33. The molecule has 8 nitrogen and oxygen atoms in total. The van der Waals surface area contributed by atoms with Gasteiger partial charge in [0, 0.05) is 48.8 Å². The van der Waals surface area contributed by atoms with E-state index in [1.807, 2.05) is 18.2 Å². The van der Waals surface area contributed by atoms with Crippen molar-refractivity contribution in [2.75, 3.05) is 37.7 Å². The molecule has 0 amide bonds. The molecule has 1 aliphatic rings. The zero-order valence-electron chi connectivity index (χ0n) is 20.5. The van der Waals surface area contributed by atoms with Crippen LogP contribution in [-0.4, -0.2) is 53.9 Å². The molecule has 0 saturated carbocycles. The fraction of sp³-hybridized carbons (Fsp3) is 0.286. The Morgan fingerprint density at radius 3 is 2.59 bits per heavy atom. The van der Waals surface area contributed by atoms with Crippen molar-refractivity contribution in [2.45, 2.75) is 20.1 Å². The maximum Gasteiger partial charge on any atom is 0.338 e. The molecule has 1 N–H and O–H groups in total. The number of benzene rings is 3. The maximum absolute atomic E-state index is 11.8. The van der Waals surface area contributed by atoms with Crippen LogP contribution < -0.4 is 9.64 Å². The predicted octanol–water partition coefficient (Wildman–Crippen LogP) is 5.26. The van der Waals surface area contributed by atoms with Gasteiger partial charge in [-0.25, -0.2) is 4.79 Å². The van der Waals surface area contributed by atoms with Crippen molar-refractivity contribution in [3.05, 3.63) is 82.5 Å². The molecule has 0 bridgehead atoms. The van der Waals surface area contributed by atoms with Gasteiger partial charge in [0.15, 0.2) is 5.58 Å². The summed E-state index contributed by atoms with van der Waals surface area (Å²) in [4.78, 5) is 16.4. The number of ether oxygens (including phenoxy) is 2. The zero-order valence-corrected chi connectivity index (χ0v) is 21.3. The lowest BCUT2D eigenvalue weighted by Gasteiger charge is -2.36. The van der Waals surface area contributed by atoms with E-state index >= 15 is 0 Å². The lowest BCUT2D eigenvalue weighted by Crippen LogP contribution is -2.46. The van der Waals surface area contributed by atoms with Crippen LogP contribution in [0.4, 0.5) is 5.69 Å². The minimum atomic E-state index is -0.366. The summed E-state index contributed by atoms with van der Waals surface area (Å²) in [6, 6.07) is 18.1. The van der Waals surface area contributed by atoms with Crippen LogP contribution in [0.25, 0.3) is 11.0 Å². The molecule has 3 aromatic carbocycles. The summed E-state index contributed by atoms with van der Waals surface area (Å²) in [5, 5.41) is 16.4. The Morgan fingerprint density at radius 2 is 1.86 bits per heavy atom. The fourth-order valence-corrected chi connectivity index (χ4v) is 4.65. The highest BCUT2D eigenvalue weighted by Gasteiger charge is 2.22. The number of aromatic nitrogens is 1. The number of nitrogens with zero attached hydrogens (tertiary/aromatic N) is 3. The van der Waals surface area contributed by atoms with Crippen molar-refractivity contribution < 1.29 is 23.9 Å². The molecule has 4 aromatic rings. The van der Waals surface area contributed by atoms with Crippen molar-refractivity contribution >= 4 is 34.2 Å². The first-order chi connectivity index (χ1) is 18.0. The third-order valence-corrected chi connectivity index (χ3v) is 6.70. The van der Waals surface area contributed by atoms with Gasteiger partial charge in [-0.3, -0.25) is 4.90 Å². The molecule has 0 aliphatic carbocycles. The molecule has 2 heterocycles. The van der Waals surface area contributed by atoms with E-state index < -0.39 is 0 Å². The summed E-state index contributed by atoms with van der Waals surface area (Å²) in [6.07, 6.45) is 0. The largest absolute Gasteiger partial charge is 0.507 e. The van der Waals surface area contributed by atoms with E-state index in [0.29, 0.717) is 41.3 Å². The van der Waals surface area contributed by atoms with Crippen molar-refractivity contribution in [2.24, 2.45) is 0 Å². The molecule has 1 fully saturated rings. The van der Waals surface area contributed by atoms with Gasteiger partial charge in [-0.1, -0.05) is 22.8 Å². The zero-order chi connectivity index (χ0) is 25.8. The quantitative estimate of drug-likeness (QED) is 0.314. The standard InChI is InChI=1S/C28H28ClN3O5/c1-2-35-28(34)19-6-8-22(9-7-19)36-18-25-23-10-11-26(33)24(27(23)37-30-25)17-31-12-14-32(15-13-31)21-5-3-4-20(29)16-21/h3-11,16,33H,2,12-15,17-18H2,1H3. The minimum Gasteiger partial charge on any atom is -0.507 e. The number of hydrogen-bond acceptors (Lipinski definition) is 8. The van der Waals surface area contributed by atoms with Crippen LogP contribution in [0, 0.1) is 0 Å². The van der Waals surface area contributed by atoms with Gasteiger partial charge in [0.2, 0.25) is 0 Å². The molecule has 5 rings (SSSR count). The molecule has 0 radical (unpaired) electrons. The van der Waals surface area contributed by atoms with Gasteiger partial charge in [0.25, 0.3) is 0 Å². The molecule has 0 atom stereocenters. The summed E-state index contributed by atoms with van der Waals surface area (Å²) in [5.41, 5.74) is 3.50. The first kappa shape index (κ1) is 24.9. The third kappa shape index (κ3) is 5.65. The number of rotatable bonds is 8. The normalized spacial score (nSPS) is 14.2. The number of halogens is 1. The summed E-state index contributed by atoms with van der Waals surface area (Å²) in [7, 11) is 0. The summed E-state index contributed by atoms with van der Waals surface area (Å²) < 4.78 is 16.5. The van der Waals surface area contributed by atoms with Crippen molar-refractivity contribution in [1.82, 2.24) is 10.1 Å². The second-order valence-corrected chi connectivity index (χ2v) is 9.28. The lowest BCUT2D eigenvalue weighted by atomic mass is 10.1. The van der Waals surface area contributed by atoms with E-state index in [1.165, 1.54) is 0 Å².